The van der Waals surface area contributed by atoms with Crippen LogP contribution in [0.2, 0.25) is 0 Å². The summed E-state index contributed by atoms with van der Waals surface area (Å²) in [6.45, 7) is 4.23. The molecule has 58 heavy (non-hydrogen) atoms. The van der Waals surface area contributed by atoms with Crippen LogP contribution in [0.1, 0.15) is 25.3 Å². The van der Waals surface area contributed by atoms with Gasteiger partial charge in [-0.2, -0.15) is 0 Å². The quantitative estimate of drug-likeness (QED) is 0.148. The number of carbonyl (C=O) groups is 4. The van der Waals surface area contributed by atoms with E-state index in [9.17, 15) is 19.2 Å². The van der Waals surface area contributed by atoms with Crippen LogP contribution in [0.25, 0.3) is 0 Å². The van der Waals surface area contributed by atoms with Crippen molar-refractivity contribution in [2.45, 2.75) is 19.8 Å². The monoisotopic (exact) mass is 846 g/mol. The fourth-order valence-electron chi connectivity index (χ4n) is 6.32. The second kappa shape index (κ2) is 18.3. The molecule has 0 N–H and O–H groups in total. The lowest BCUT2D eigenvalue weighted by Gasteiger charge is -2.29. The van der Waals surface area contributed by atoms with Gasteiger partial charge in [-0.1, -0.05) is 56.3 Å². The van der Waals surface area contributed by atoms with Gasteiger partial charge in [-0.15, -0.1) is 0 Å². The van der Waals surface area contributed by atoms with Gasteiger partial charge in [-0.05, 0) is 106 Å². The summed E-state index contributed by atoms with van der Waals surface area (Å²) in [6.07, 6.45) is 0. The lowest BCUT2D eigenvalue weighted by Crippen LogP contribution is -2.41. The van der Waals surface area contributed by atoms with Crippen LogP contribution in [-0.2, 0) is 0 Å². The molecular weight excluding hydrogens is 796 g/mol. The minimum Gasteiger partial charge on any atom is -0.297 e. The van der Waals surface area contributed by atoms with Gasteiger partial charge in [0.25, 0.3) is 0 Å². The van der Waals surface area contributed by atoms with E-state index in [1.54, 1.807) is 120 Å². The van der Waals surface area contributed by atoms with Crippen molar-refractivity contribution in [3.05, 3.63) is 131 Å². The highest BCUT2D eigenvalue weighted by molar-refractivity contribution is 9.10. The van der Waals surface area contributed by atoms with Gasteiger partial charge in [0, 0.05) is 101 Å². The molecule has 0 aliphatic heterocycles. The Morgan fingerprint density at radius 1 is 0.379 bits per heavy atom. The molecule has 0 atom stereocenters. The highest BCUT2D eigenvalue weighted by Crippen LogP contribution is 2.30. The number of para-hydroxylation sites is 1. The van der Waals surface area contributed by atoms with Crippen LogP contribution in [-0.4, -0.2) is 80.5 Å². The Morgan fingerprint density at radius 2 is 0.655 bits per heavy atom. The molecule has 0 aliphatic carbocycles. The highest BCUT2D eigenvalue weighted by Gasteiger charge is 2.24. The van der Waals surface area contributed by atoms with Crippen LogP contribution in [0.15, 0.2) is 126 Å². The maximum atomic E-state index is 13.9. The fraction of sp³-hybridized carbons (Fsp3) is 0.244. The lowest BCUT2D eigenvalue weighted by atomic mass is 10.0. The normalized spacial score (nSPS) is 10.8. The van der Waals surface area contributed by atoms with E-state index >= 15 is 0 Å². The Hall–Kier alpha value is -6.34. The Bertz CT molecular complexity index is 2300. The van der Waals surface area contributed by atoms with Crippen LogP contribution < -0.4 is 39.2 Å². The Labute approximate surface area is 350 Å². The maximum Gasteiger partial charge on any atom is 0.328 e. The molecule has 5 rings (SSSR count). The zero-order chi connectivity index (χ0) is 42.4. The first kappa shape index (κ1) is 42.8. The van der Waals surface area contributed by atoms with Crippen molar-refractivity contribution in [1.29, 1.82) is 0 Å². The molecule has 0 aromatic heterocycles. The average Bonchev–Trinajstić information content (AvgIpc) is 3.26. The Balaban J connectivity index is 1.26. The third kappa shape index (κ3) is 9.26. The van der Waals surface area contributed by atoms with Crippen molar-refractivity contribution >= 4 is 85.6 Å². The summed E-state index contributed by atoms with van der Waals surface area (Å²) in [6, 6.07) is 35.9. The van der Waals surface area contributed by atoms with Gasteiger partial charge >= 0.3 is 24.1 Å². The van der Waals surface area contributed by atoms with Crippen LogP contribution >= 0.6 is 15.9 Å². The number of halogens is 1. The van der Waals surface area contributed by atoms with E-state index in [1.165, 1.54) is 24.5 Å². The zero-order valence-electron chi connectivity index (χ0n) is 34.7. The van der Waals surface area contributed by atoms with Crippen molar-refractivity contribution in [3.63, 3.8) is 0 Å². The number of hydrogen-bond acceptors (Lipinski definition) is 4. The standard InChI is InChI=1S/C45H51BrN8O4/c1-31(2)32-17-13-18-33(27-32)47(3)42(55)48(4)34-19-14-20-35(28-34)49(5)43(56)50(6)36-21-15-22-37(29-36)51(7)44(57)52(8)38-23-16-24-39(30-38)53(9)45(58)54(10)41-26-12-11-25-40(41)46/h11-31H,1-10H3. The minimum atomic E-state index is -0.325. The molecule has 0 unspecified atom stereocenters. The van der Waals surface area contributed by atoms with E-state index < -0.39 is 0 Å². The number of hydrogen-bond donors (Lipinski definition) is 0. The molecule has 13 heteroatoms. The molecule has 0 radical (unpaired) electrons. The first-order valence-corrected chi connectivity index (χ1v) is 19.5. The van der Waals surface area contributed by atoms with Crippen LogP contribution in [0.3, 0.4) is 0 Å². The second-order valence-electron chi connectivity index (χ2n) is 14.4. The average molecular weight is 848 g/mol. The molecule has 0 saturated heterocycles. The van der Waals surface area contributed by atoms with Crippen molar-refractivity contribution in [2.24, 2.45) is 0 Å². The van der Waals surface area contributed by atoms with E-state index in [2.05, 4.69) is 35.8 Å². The topological polar surface area (TPSA) is 94.2 Å². The van der Waals surface area contributed by atoms with Crippen molar-refractivity contribution in [3.8, 4) is 0 Å². The summed E-state index contributed by atoms with van der Waals surface area (Å²) < 4.78 is 0.795. The summed E-state index contributed by atoms with van der Waals surface area (Å²) in [5.74, 6) is 0.329. The third-order valence-corrected chi connectivity index (χ3v) is 10.9. The van der Waals surface area contributed by atoms with E-state index in [1.807, 2.05) is 66.7 Å². The van der Waals surface area contributed by atoms with Gasteiger partial charge < -0.3 is 0 Å². The number of nitrogens with zero attached hydrogens (tertiary/aromatic N) is 8. The van der Waals surface area contributed by atoms with Crippen molar-refractivity contribution in [1.82, 2.24) is 0 Å². The molecule has 0 bridgehead atoms. The number of carbonyl (C=O) groups excluding carboxylic acids is 4. The van der Waals surface area contributed by atoms with Crippen molar-refractivity contribution in [2.75, 3.05) is 95.6 Å². The Morgan fingerprint density at radius 3 is 0.966 bits per heavy atom. The zero-order valence-corrected chi connectivity index (χ0v) is 36.3. The molecule has 0 spiro atoms. The number of amides is 8. The van der Waals surface area contributed by atoms with E-state index in [0.29, 0.717) is 40.0 Å². The van der Waals surface area contributed by atoms with Gasteiger partial charge in [-0.3, -0.25) is 39.2 Å². The maximum absolute atomic E-state index is 13.9. The minimum absolute atomic E-state index is 0.222. The molecule has 0 aliphatic rings. The fourth-order valence-corrected chi connectivity index (χ4v) is 6.87. The molecule has 5 aromatic rings. The highest BCUT2D eigenvalue weighted by atomic mass is 79.9. The SMILES string of the molecule is CC(C)c1cccc(N(C)C(=O)N(C)c2cccc(N(C)C(=O)N(C)c3cccc(N(C)C(=O)N(C)c4cccc(N(C)C(=O)N(C)c5ccccc5Br)c4)c3)c2)c1. The summed E-state index contributed by atoms with van der Waals surface area (Å²) in [5, 5.41) is 0. The Kier molecular flexibility index (Phi) is 13.5. The molecule has 12 nitrogen and oxygen atoms in total. The molecule has 302 valence electrons. The van der Waals surface area contributed by atoms with Crippen LogP contribution in [0, 0.1) is 0 Å². The van der Waals surface area contributed by atoms with Gasteiger partial charge in [0.1, 0.15) is 0 Å². The lowest BCUT2D eigenvalue weighted by molar-refractivity contribution is 0.253. The molecule has 0 fully saturated rings. The molecule has 0 saturated carbocycles. The third-order valence-electron chi connectivity index (χ3n) is 10.2. The smallest absolute Gasteiger partial charge is 0.297 e. The summed E-state index contributed by atoms with van der Waals surface area (Å²) in [5.41, 5.74) is 6.22. The summed E-state index contributed by atoms with van der Waals surface area (Å²) >= 11 is 3.51. The summed E-state index contributed by atoms with van der Waals surface area (Å²) in [4.78, 5) is 66.9. The molecule has 0 heterocycles. The van der Waals surface area contributed by atoms with Crippen molar-refractivity contribution < 1.29 is 19.2 Å². The van der Waals surface area contributed by atoms with Crippen LogP contribution in [0.5, 0.6) is 0 Å². The van der Waals surface area contributed by atoms with Crippen LogP contribution in [0.4, 0.5) is 64.7 Å². The second-order valence-corrected chi connectivity index (χ2v) is 15.2. The first-order valence-electron chi connectivity index (χ1n) is 18.7. The van der Waals surface area contributed by atoms with Gasteiger partial charge in [0.15, 0.2) is 0 Å². The van der Waals surface area contributed by atoms with Gasteiger partial charge in [-0.25, -0.2) is 19.2 Å². The molecule has 8 amide bonds. The van der Waals surface area contributed by atoms with Gasteiger partial charge in [0.05, 0.1) is 5.69 Å². The first-order chi connectivity index (χ1) is 27.5. The predicted molar refractivity (Wildman–Crippen MR) is 243 cm³/mol. The molecule has 5 aromatic carbocycles. The number of benzene rings is 5. The number of rotatable bonds is 9. The van der Waals surface area contributed by atoms with Gasteiger partial charge in [0.2, 0.25) is 0 Å². The predicted octanol–water partition coefficient (Wildman–Crippen LogP) is 10.3. The summed E-state index contributed by atoms with van der Waals surface area (Å²) in [7, 11) is 13.5. The largest absolute Gasteiger partial charge is 0.328 e. The van der Waals surface area contributed by atoms with E-state index in [-0.39, 0.29) is 24.1 Å². The number of anilines is 8. The number of urea groups is 4. The van der Waals surface area contributed by atoms with E-state index in [4.69, 9.17) is 0 Å². The molecular formula is C45H51BrN8O4. The van der Waals surface area contributed by atoms with E-state index in [0.717, 1.165) is 21.4 Å².